The predicted octanol–water partition coefficient (Wildman–Crippen LogP) is 3.37. The van der Waals surface area contributed by atoms with Crippen molar-refractivity contribution in [1.29, 1.82) is 0 Å². The highest BCUT2D eigenvalue weighted by atomic mass is 32.2. The van der Waals surface area contributed by atoms with Crippen LogP contribution < -0.4 is 5.32 Å². The highest BCUT2D eigenvalue weighted by Crippen LogP contribution is 2.36. The standard InChI is InChI=1S/C16H32N2S/c1-15(2)10-11-19-12-14(15)17-13-16(18(3)4)8-6-5-7-9-16/h14,17H,5-13H2,1-4H3. The van der Waals surface area contributed by atoms with Crippen molar-refractivity contribution < 1.29 is 0 Å². The molecule has 19 heavy (non-hydrogen) atoms. The van der Waals surface area contributed by atoms with Gasteiger partial charge in [-0.3, -0.25) is 0 Å². The SMILES string of the molecule is CN(C)C1(CNC2CSCCC2(C)C)CCCCC1. The van der Waals surface area contributed by atoms with Gasteiger partial charge in [-0.2, -0.15) is 11.8 Å². The van der Waals surface area contributed by atoms with Gasteiger partial charge in [0.2, 0.25) is 0 Å². The number of nitrogens with one attached hydrogen (secondary N) is 1. The Morgan fingerprint density at radius 1 is 1.11 bits per heavy atom. The van der Waals surface area contributed by atoms with Crippen LogP contribution in [-0.2, 0) is 0 Å². The Morgan fingerprint density at radius 3 is 2.37 bits per heavy atom. The zero-order valence-corrected chi connectivity index (χ0v) is 14.1. The molecule has 3 heteroatoms. The largest absolute Gasteiger partial charge is 0.311 e. The van der Waals surface area contributed by atoms with Gasteiger partial charge in [-0.25, -0.2) is 0 Å². The number of rotatable bonds is 4. The van der Waals surface area contributed by atoms with Gasteiger partial charge in [0.25, 0.3) is 0 Å². The number of hydrogen-bond donors (Lipinski definition) is 1. The Morgan fingerprint density at radius 2 is 1.79 bits per heavy atom. The first-order valence-corrected chi connectivity index (χ1v) is 9.10. The second-order valence-corrected chi connectivity index (χ2v) is 8.58. The van der Waals surface area contributed by atoms with Gasteiger partial charge in [0.05, 0.1) is 0 Å². The van der Waals surface area contributed by atoms with E-state index in [0.717, 1.165) is 0 Å². The van der Waals surface area contributed by atoms with Gasteiger partial charge in [0.15, 0.2) is 0 Å². The molecule has 2 aliphatic rings. The van der Waals surface area contributed by atoms with Gasteiger partial charge in [-0.15, -0.1) is 0 Å². The minimum Gasteiger partial charge on any atom is -0.311 e. The molecule has 1 N–H and O–H groups in total. The lowest BCUT2D eigenvalue weighted by molar-refractivity contribution is 0.0875. The Labute approximate surface area is 124 Å². The van der Waals surface area contributed by atoms with E-state index in [4.69, 9.17) is 0 Å². The molecule has 2 rings (SSSR count). The summed E-state index contributed by atoms with van der Waals surface area (Å²) in [6.07, 6.45) is 8.33. The second kappa shape index (κ2) is 6.36. The van der Waals surface area contributed by atoms with Crippen LogP contribution >= 0.6 is 11.8 Å². The van der Waals surface area contributed by atoms with Gasteiger partial charge < -0.3 is 10.2 Å². The maximum atomic E-state index is 3.94. The van der Waals surface area contributed by atoms with E-state index in [1.807, 2.05) is 0 Å². The first-order chi connectivity index (χ1) is 8.96. The summed E-state index contributed by atoms with van der Waals surface area (Å²) >= 11 is 2.12. The molecule has 1 heterocycles. The first-order valence-electron chi connectivity index (χ1n) is 7.95. The van der Waals surface area contributed by atoms with Crippen LogP contribution in [0.1, 0.15) is 52.4 Å². The van der Waals surface area contributed by atoms with E-state index in [1.165, 1.54) is 56.6 Å². The summed E-state index contributed by atoms with van der Waals surface area (Å²) < 4.78 is 0. The smallest absolute Gasteiger partial charge is 0.0328 e. The molecule has 0 aromatic heterocycles. The maximum absolute atomic E-state index is 3.94. The molecule has 0 bridgehead atoms. The van der Waals surface area contributed by atoms with E-state index in [-0.39, 0.29) is 0 Å². The van der Waals surface area contributed by atoms with E-state index in [1.54, 1.807) is 0 Å². The summed E-state index contributed by atoms with van der Waals surface area (Å²) in [6, 6.07) is 0.685. The molecule has 112 valence electrons. The summed E-state index contributed by atoms with van der Waals surface area (Å²) in [5.74, 6) is 2.63. The predicted molar refractivity (Wildman–Crippen MR) is 87.0 cm³/mol. The van der Waals surface area contributed by atoms with Crippen LogP contribution in [-0.4, -0.2) is 48.6 Å². The van der Waals surface area contributed by atoms with Crippen LogP contribution in [0.4, 0.5) is 0 Å². The number of likely N-dealkylation sites (N-methyl/N-ethyl adjacent to an activating group) is 1. The minimum absolute atomic E-state index is 0.413. The molecule has 1 saturated heterocycles. The molecule has 2 nitrogen and oxygen atoms in total. The fraction of sp³-hybridized carbons (Fsp3) is 1.00. The maximum Gasteiger partial charge on any atom is 0.0328 e. The Hall–Kier alpha value is 0.270. The van der Waals surface area contributed by atoms with Crippen LogP contribution in [0.2, 0.25) is 0 Å². The summed E-state index contributed by atoms with van der Waals surface area (Å²) in [6.45, 7) is 6.05. The molecule has 0 radical (unpaired) electrons. The monoisotopic (exact) mass is 284 g/mol. The molecular formula is C16H32N2S. The van der Waals surface area contributed by atoms with Crippen LogP contribution in [0.5, 0.6) is 0 Å². The third-order valence-corrected chi connectivity index (χ3v) is 6.59. The zero-order valence-electron chi connectivity index (χ0n) is 13.3. The van der Waals surface area contributed by atoms with E-state index in [0.29, 0.717) is 17.0 Å². The Balaban J connectivity index is 1.94. The van der Waals surface area contributed by atoms with Crippen molar-refractivity contribution in [3.8, 4) is 0 Å². The van der Waals surface area contributed by atoms with Crippen molar-refractivity contribution in [2.75, 3.05) is 32.1 Å². The quantitative estimate of drug-likeness (QED) is 0.852. The summed E-state index contributed by atoms with van der Waals surface area (Å²) in [5.41, 5.74) is 0.879. The highest BCUT2D eigenvalue weighted by molar-refractivity contribution is 7.99. The Kier molecular flexibility index (Phi) is 5.24. The van der Waals surface area contributed by atoms with Gasteiger partial charge in [0.1, 0.15) is 0 Å². The second-order valence-electron chi connectivity index (χ2n) is 7.43. The number of hydrogen-bond acceptors (Lipinski definition) is 3. The molecule has 1 unspecified atom stereocenters. The third-order valence-electron chi connectivity index (χ3n) is 5.53. The molecular weight excluding hydrogens is 252 g/mol. The number of nitrogens with zero attached hydrogens (tertiary/aromatic N) is 1. The molecule has 0 aromatic rings. The fourth-order valence-corrected chi connectivity index (χ4v) is 5.22. The normalized spacial score (nSPS) is 30.5. The number of thioether (sulfide) groups is 1. The lowest BCUT2D eigenvalue weighted by atomic mass is 9.78. The van der Waals surface area contributed by atoms with Gasteiger partial charge in [0, 0.05) is 23.9 Å². The topological polar surface area (TPSA) is 15.3 Å². The molecule has 1 atom stereocenters. The lowest BCUT2D eigenvalue weighted by Crippen LogP contribution is -2.57. The van der Waals surface area contributed by atoms with E-state index in [9.17, 15) is 0 Å². The van der Waals surface area contributed by atoms with Crippen molar-refractivity contribution in [2.24, 2.45) is 5.41 Å². The van der Waals surface area contributed by atoms with Crippen molar-refractivity contribution in [2.45, 2.75) is 64.0 Å². The average Bonchev–Trinajstić information content (AvgIpc) is 2.38. The van der Waals surface area contributed by atoms with Crippen molar-refractivity contribution in [3.05, 3.63) is 0 Å². The van der Waals surface area contributed by atoms with Crippen molar-refractivity contribution in [1.82, 2.24) is 10.2 Å². The molecule has 2 fully saturated rings. The molecule has 1 saturated carbocycles. The summed E-state index contributed by atoms with van der Waals surface area (Å²) in [7, 11) is 4.54. The molecule has 0 amide bonds. The van der Waals surface area contributed by atoms with Crippen LogP contribution in [0.3, 0.4) is 0 Å². The third kappa shape index (κ3) is 3.68. The molecule has 1 aliphatic heterocycles. The van der Waals surface area contributed by atoms with E-state index in [2.05, 4.69) is 49.9 Å². The fourth-order valence-electron chi connectivity index (χ4n) is 3.58. The van der Waals surface area contributed by atoms with E-state index < -0.39 is 0 Å². The molecule has 0 spiro atoms. The molecule has 0 aromatic carbocycles. The van der Waals surface area contributed by atoms with Gasteiger partial charge >= 0.3 is 0 Å². The lowest BCUT2D eigenvalue weighted by Gasteiger charge is -2.46. The Bertz CT molecular complexity index is 282. The van der Waals surface area contributed by atoms with Crippen LogP contribution in [0.15, 0.2) is 0 Å². The zero-order chi connectivity index (χ0) is 13.9. The van der Waals surface area contributed by atoms with E-state index >= 15 is 0 Å². The van der Waals surface area contributed by atoms with Crippen molar-refractivity contribution in [3.63, 3.8) is 0 Å². The van der Waals surface area contributed by atoms with Gasteiger partial charge in [-0.1, -0.05) is 33.1 Å². The van der Waals surface area contributed by atoms with Gasteiger partial charge in [-0.05, 0) is 44.5 Å². The van der Waals surface area contributed by atoms with Crippen LogP contribution in [0.25, 0.3) is 0 Å². The summed E-state index contributed by atoms with van der Waals surface area (Å²) in [4.78, 5) is 2.49. The van der Waals surface area contributed by atoms with Crippen LogP contribution in [0, 0.1) is 5.41 Å². The minimum atomic E-state index is 0.413. The van der Waals surface area contributed by atoms with Crippen molar-refractivity contribution >= 4 is 11.8 Å². The summed E-state index contributed by atoms with van der Waals surface area (Å²) in [5, 5.41) is 3.94. The highest BCUT2D eigenvalue weighted by Gasteiger charge is 2.37. The average molecular weight is 285 g/mol. The first kappa shape index (κ1) is 15.7. The molecule has 1 aliphatic carbocycles.